The minimum Gasteiger partial charge on any atom is -0.419 e. The number of hydrogen-bond acceptors (Lipinski definition) is 7. The van der Waals surface area contributed by atoms with Crippen LogP contribution in [-0.4, -0.2) is 52.1 Å². The number of piperidine rings is 1. The molecule has 2 atom stereocenters. The standard InChI is InChI=1S/C17H23N3O3S/c1-2-22-14-10-13(21)17(14)5-7-20(8-6-17)11-15-18-19-16(23-15)12-4-3-9-24-12/h3-4,9,13-14,21H,2,5-8,10-11H2,1H3. The van der Waals surface area contributed by atoms with Gasteiger partial charge in [-0.1, -0.05) is 6.07 Å². The quantitative estimate of drug-likeness (QED) is 0.894. The lowest BCUT2D eigenvalue weighted by atomic mass is 9.58. The lowest BCUT2D eigenvalue weighted by Gasteiger charge is -2.56. The Morgan fingerprint density at radius 2 is 2.25 bits per heavy atom. The largest absolute Gasteiger partial charge is 0.419 e. The van der Waals surface area contributed by atoms with Crippen molar-refractivity contribution in [3.8, 4) is 10.8 Å². The molecule has 2 unspecified atom stereocenters. The van der Waals surface area contributed by atoms with Crippen molar-refractivity contribution in [1.29, 1.82) is 0 Å². The Morgan fingerprint density at radius 3 is 2.92 bits per heavy atom. The predicted molar refractivity (Wildman–Crippen MR) is 90.6 cm³/mol. The van der Waals surface area contributed by atoms with Crippen molar-refractivity contribution in [3.05, 3.63) is 23.4 Å². The molecule has 24 heavy (non-hydrogen) atoms. The molecule has 2 aromatic rings. The average Bonchev–Trinajstić information content (AvgIpc) is 3.27. The van der Waals surface area contributed by atoms with E-state index in [1.165, 1.54) is 0 Å². The molecule has 0 aromatic carbocycles. The molecule has 0 amide bonds. The molecule has 2 aromatic heterocycles. The third kappa shape index (κ3) is 2.79. The van der Waals surface area contributed by atoms with E-state index in [-0.39, 0.29) is 17.6 Å². The van der Waals surface area contributed by atoms with Crippen LogP contribution in [0.15, 0.2) is 21.9 Å². The molecule has 1 saturated carbocycles. The van der Waals surface area contributed by atoms with Gasteiger partial charge in [0.1, 0.15) is 0 Å². The molecule has 1 spiro atoms. The molecule has 1 aliphatic carbocycles. The van der Waals surface area contributed by atoms with Gasteiger partial charge in [0, 0.05) is 18.4 Å². The zero-order valence-electron chi connectivity index (χ0n) is 13.9. The maximum absolute atomic E-state index is 10.3. The summed E-state index contributed by atoms with van der Waals surface area (Å²) in [6.45, 7) is 5.27. The Balaban J connectivity index is 1.35. The molecule has 1 saturated heterocycles. The number of aliphatic hydroxyl groups excluding tert-OH is 1. The summed E-state index contributed by atoms with van der Waals surface area (Å²) < 4.78 is 11.6. The van der Waals surface area contributed by atoms with Crippen LogP contribution in [0.4, 0.5) is 0 Å². The number of aliphatic hydroxyl groups is 1. The van der Waals surface area contributed by atoms with Crippen LogP contribution in [0.25, 0.3) is 10.8 Å². The van der Waals surface area contributed by atoms with Gasteiger partial charge in [-0.05, 0) is 44.3 Å². The summed E-state index contributed by atoms with van der Waals surface area (Å²) >= 11 is 1.60. The minimum atomic E-state index is -0.218. The summed E-state index contributed by atoms with van der Waals surface area (Å²) in [6.07, 6.45) is 2.70. The first-order valence-electron chi connectivity index (χ1n) is 8.59. The van der Waals surface area contributed by atoms with Crippen LogP contribution in [-0.2, 0) is 11.3 Å². The lowest BCUT2D eigenvalue weighted by molar-refractivity contribution is -0.210. The molecule has 6 nitrogen and oxygen atoms in total. The number of aromatic nitrogens is 2. The Morgan fingerprint density at radius 1 is 1.42 bits per heavy atom. The van der Waals surface area contributed by atoms with Crippen LogP contribution in [0.2, 0.25) is 0 Å². The highest BCUT2D eigenvalue weighted by Crippen LogP contribution is 2.51. The van der Waals surface area contributed by atoms with Crippen LogP contribution >= 0.6 is 11.3 Å². The fraction of sp³-hybridized carbons (Fsp3) is 0.647. The van der Waals surface area contributed by atoms with Crippen LogP contribution in [0.1, 0.15) is 32.1 Å². The second-order valence-electron chi connectivity index (χ2n) is 6.68. The lowest BCUT2D eigenvalue weighted by Crippen LogP contribution is -2.62. The van der Waals surface area contributed by atoms with E-state index >= 15 is 0 Å². The first kappa shape index (κ1) is 16.2. The van der Waals surface area contributed by atoms with Gasteiger partial charge in [0.2, 0.25) is 5.89 Å². The van der Waals surface area contributed by atoms with Gasteiger partial charge >= 0.3 is 0 Å². The average molecular weight is 349 g/mol. The normalized spacial score (nSPS) is 26.6. The molecule has 2 aliphatic rings. The van der Waals surface area contributed by atoms with Gasteiger partial charge in [-0.3, -0.25) is 4.90 Å². The molecule has 3 heterocycles. The molecule has 7 heteroatoms. The molecular weight excluding hydrogens is 326 g/mol. The fourth-order valence-electron chi connectivity index (χ4n) is 3.95. The Bertz CT molecular complexity index is 662. The van der Waals surface area contributed by atoms with E-state index in [2.05, 4.69) is 15.1 Å². The predicted octanol–water partition coefficient (Wildman–Crippen LogP) is 2.55. The SMILES string of the molecule is CCOC1CC(O)C12CCN(Cc1nnc(-c3cccs3)o1)CC2. The van der Waals surface area contributed by atoms with Gasteiger partial charge in [0.15, 0.2) is 0 Å². The number of rotatable bonds is 5. The van der Waals surface area contributed by atoms with Gasteiger partial charge < -0.3 is 14.3 Å². The number of thiophene rings is 1. The summed E-state index contributed by atoms with van der Waals surface area (Å²) in [4.78, 5) is 3.33. The molecule has 1 N–H and O–H groups in total. The second kappa shape index (κ2) is 6.55. The van der Waals surface area contributed by atoms with Crippen molar-refractivity contribution >= 4 is 11.3 Å². The topological polar surface area (TPSA) is 71.6 Å². The minimum absolute atomic E-state index is 0.0382. The summed E-state index contributed by atoms with van der Waals surface area (Å²) in [5.74, 6) is 1.25. The smallest absolute Gasteiger partial charge is 0.257 e. The van der Waals surface area contributed by atoms with Gasteiger partial charge in [0.05, 0.1) is 23.6 Å². The van der Waals surface area contributed by atoms with Crippen LogP contribution in [0.3, 0.4) is 0 Å². The maximum Gasteiger partial charge on any atom is 0.257 e. The molecular formula is C17H23N3O3S. The zero-order valence-corrected chi connectivity index (χ0v) is 14.7. The number of nitrogens with zero attached hydrogens (tertiary/aromatic N) is 3. The fourth-order valence-corrected chi connectivity index (χ4v) is 4.60. The Hall–Kier alpha value is -1.28. The van der Waals surface area contributed by atoms with Gasteiger partial charge in [-0.15, -0.1) is 21.5 Å². The third-order valence-corrected chi connectivity index (χ3v) is 6.31. The molecule has 4 rings (SSSR count). The van der Waals surface area contributed by atoms with Crippen molar-refractivity contribution in [1.82, 2.24) is 15.1 Å². The maximum atomic E-state index is 10.3. The van der Waals surface area contributed by atoms with E-state index < -0.39 is 0 Å². The monoisotopic (exact) mass is 349 g/mol. The molecule has 0 radical (unpaired) electrons. The van der Waals surface area contributed by atoms with Crippen molar-refractivity contribution in [2.45, 2.75) is 44.9 Å². The van der Waals surface area contributed by atoms with Crippen molar-refractivity contribution < 1.29 is 14.3 Å². The zero-order chi connectivity index (χ0) is 16.6. The van der Waals surface area contributed by atoms with Crippen molar-refractivity contribution in [2.24, 2.45) is 5.41 Å². The molecule has 1 aliphatic heterocycles. The van der Waals surface area contributed by atoms with E-state index in [0.717, 1.165) is 43.8 Å². The summed E-state index contributed by atoms with van der Waals surface area (Å²) in [5.41, 5.74) is -0.0382. The van der Waals surface area contributed by atoms with Crippen LogP contribution in [0, 0.1) is 5.41 Å². The Kier molecular flexibility index (Phi) is 4.42. The summed E-state index contributed by atoms with van der Waals surface area (Å²) in [5, 5.41) is 20.6. The Labute approximate surface area is 145 Å². The van der Waals surface area contributed by atoms with Gasteiger partial charge in [0.25, 0.3) is 5.89 Å². The van der Waals surface area contributed by atoms with E-state index in [9.17, 15) is 5.11 Å². The van der Waals surface area contributed by atoms with Crippen LogP contribution in [0.5, 0.6) is 0 Å². The highest BCUT2D eigenvalue weighted by molar-refractivity contribution is 7.13. The number of ether oxygens (including phenoxy) is 1. The van der Waals surface area contributed by atoms with E-state index in [1.54, 1.807) is 11.3 Å². The van der Waals surface area contributed by atoms with Crippen molar-refractivity contribution in [2.75, 3.05) is 19.7 Å². The van der Waals surface area contributed by atoms with Gasteiger partial charge in [-0.25, -0.2) is 0 Å². The first-order valence-corrected chi connectivity index (χ1v) is 9.47. The van der Waals surface area contributed by atoms with Gasteiger partial charge in [-0.2, -0.15) is 0 Å². The van der Waals surface area contributed by atoms with E-state index in [4.69, 9.17) is 9.15 Å². The summed E-state index contributed by atoms with van der Waals surface area (Å²) in [6, 6.07) is 3.96. The second-order valence-corrected chi connectivity index (χ2v) is 7.63. The highest BCUT2D eigenvalue weighted by atomic mass is 32.1. The molecule has 0 bridgehead atoms. The number of hydrogen-bond donors (Lipinski definition) is 1. The van der Waals surface area contributed by atoms with E-state index in [1.807, 2.05) is 24.4 Å². The number of likely N-dealkylation sites (tertiary alicyclic amines) is 1. The molecule has 2 fully saturated rings. The van der Waals surface area contributed by atoms with Crippen LogP contribution < -0.4 is 0 Å². The van der Waals surface area contributed by atoms with E-state index in [0.29, 0.717) is 18.3 Å². The third-order valence-electron chi connectivity index (χ3n) is 5.45. The highest BCUT2D eigenvalue weighted by Gasteiger charge is 2.55. The molecule has 130 valence electrons. The first-order chi connectivity index (χ1) is 11.7. The summed E-state index contributed by atoms with van der Waals surface area (Å²) in [7, 11) is 0. The van der Waals surface area contributed by atoms with Crippen molar-refractivity contribution in [3.63, 3.8) is 0 Å².